The summed E-state index contributed by atoms with van der Waals surface area (Å²) in [5.41, 5.74) is -0.261. The highest BCUT2D eigenvalue weighted by Crippen LogP contribution is 2.27. The zero-order valence-corrected chi connectivity index (χ0v) is 19.3. The number of sulfonamides is 2. The predicted octanol–water partition coefficient (Wildman–Crippen LogP) is 1.15. The molecular weight excluding hydrogens is 551 g/mol. The Morgan fingerprint density at radius 2 is 1.34 bits per heavy atom. The van der Waals surface area contributed by atoms with Crippen molar-refractivity contribution in [2.75, 3.05) is 5.43 Å². The SMILES string of the molecule is Cl.NNc1ccc(S(N)(=O)=O)c(F)c1.NS(=O)(=O)c1ccc(-n2[nH]c(C(F)(F)F)cc2=O)cc1F. The highest BCUT2D eigenvalue weighted by Gasteiger charge is 2.33. The lowest BCUT2D eigenvalue weighted by Crippen LogP contribution is -2.17. The molecule has 1 heterocycles. The number of nitrogens with one attached hydrogen (secondary N) is 2. The van der Waals surface area contributed by atoms with Gasteiger partial charge in [-0.1, -0.05) is 0 Å². The Hall–Kier alpha value is -3.03. The summed E-state index contributed by atoms with van der Waals surface area (Å²) in [7, 11) is -8.32. The summed E-state index contributed by atoms with van der Waals surface area (Å²) >= 11 is 0. The first-order chi connectivity index (χ1) is 15.4. The van der Waals surface area contributed by atoms with Crippen LogP contribution in [0.15, 0.2) is 57.1 Å². The van der Waals surface area contributed by atoms with E-state index in [0.717, 1.165) is 24.3 Å². The molecule has 0 amide bonds. The van der Waals surface area contributed by atoms with E-state index in [0.29, 0.717) is 16.8 Å². The van der Waals surface area contributed by atoms with Crippen molar-refractivity contribution in [3.05, 3.63) is 70.1 Å². The van der Waals surface area contributed by atoms with Crippen molar-refractivity contribution in [2.45, 2.75) is 16.0 Å². The van der Waals surface area contributed by atoms with Gasteiger partial charge in [0.05, 0.1) is 11.4 Å². The van der Waals surface area contributed by atoms with E-state index >= 15 is 0 Å². The molecule has 2 aromatic carbocycles. The summed E-state index contributed by atoms with van der Waals surface area (Å²) in [6.07, 6.45) is -4.77. The van der Waals surface area contributed by atoms with Gasteiger partial charge in [0.15, 0.2) is 0 Å². The van der Waals surface area contributed by atoms with Crippen LogP contribution in [0.25, 0.3) is 5.69 Å². The first-order valence-electron chi connectivity index (χ1n) is 8.46. The maximum atomic E-state index is 13.6. The summed E-state index contributed by atoms with van der Waals surface area (Å²) in [4.78, 5) is 10.1. The van der Waals surface area contributed by atoms with Gasteiger partial charge in [-0.05, 0) is 30.3 Å². The van der Waals surface area contributed by atoms with E-state index in [1.54, 1.807) is 5.10 Å². The van der Waals surface area contributed by atoms with E-state index in [1.807, 2.05) is 0 Å². The number of halogens is 6. The van der Waals surface area contributed by atoms with Gasteiger partial charge in [-0.2, -0.15) is 13.2 Å². The summed E-state index contributed by atoms with van der Waals surface area (Å²) in [5, 5.41) is 11.2. The molecule has 11 nitrogen and oxygen atoms in total. The van der Waals surface area contributed by atoms with E-state index < -0.39 is 58.9 Å². The van der Waals surface area contributed by atoms with Crippen molar-refractivity contribution in [1.29, 1.82) is 0 Å². The van der Waals surface area contributed by atoms with Crippen molar-refractivity contribution in [3.63, 3.8) is 0 Å². The largest absolute Gasteiger partial charge is 0.432 e. The Kier molecular flexibility index (Phi) is 9.18. The van der Waals surface area contributed by atoms with Crippen LogP contribution in [0.3, 0.4) is 0 Å². The Bertz CT molecular complexity index is 1490. The van der Waals surface area contributed by atoms with Crippen LogP contribution in [0, 0.1) is 11.6 Å². The van der Waals surface area contributed by atoms with Crippen LogP contribution in [0.1, 0.15) is 5.69 Å². The average Bonchev–Trinajstić information content (AvgIpc) is 3.08. The molecule has 0 atom stereocenters. The highest BCUT2D eigenvalue weighted by molar-refractivity contribution is 7.89. The van der Waals surface area contributed by atoms with Gasteiger partial charge in [0.1, 0.15) is 27.1 Å². The number of alkyl halides is 3. The van der Waals surface area contributed by atoms with E-state index in [4.69, 9.17) is 16.1 Å². The van der Waals surface area contributed by atoms with Gasteiger partial charge in [0, 0.05) is 12.1 Å². The molecule has 0 saturated heterocycles. The molecule has 0 aliphatic carbocycles. The van der Waals surface area contributed by atoms with Crippen molar-refractivity contribution >= 4 is 38.1 Å². The monoisotopic (exact) mass is 566 g/mol. The number of nitrogen functional groups attached to an aromatic ring is 1. The zero-order chi connectivity index (χ0) is 26.1. The fraction of sp³-hybridized carbons (Fsp3) is 0.0625. The van der Waals surface area contributed by atoms with Crippen molar-refractivity contribution < 1.29 is 38.8 Å². The molecule has 0 fully saturated rings. The van der Waals surface area contributed by atoms with Crippen molar-refractivity contribution in [1.82, 2.24) is 9.78 Å². The number of benzene rings is 2. The van der Waals surface area contributed by atoms with Gasteiger partial charge in [0.25, 0.3) is 5.56 Å². The molecule has 3 rings (SSSR count). The van der Waals surface area contributed by atoms with Gasteiger partial charge < -0.3 is 5.43 Å². The summed E-state index contributed by atoms with van der Waals surface area (Å²) < 4.78 is 108. The zero-order valence-electron chi connectivity index (χ0n) is 16.9. The maximum absolute atomic E-state index is 13.6. The molecule has 0 aliphatic rings. The lowest BCUT2D eigenvalue weighted by molar-refractivity contribution is -0.141. The van der Waals surface area contributed by atoms with E-state index in [9.17, 15) is 43.6 Å². The standard InChI is InChI=1S/C10H7F4N3O3S.C6H8FN3O2S.ClH/c11-6-3-5(1-2-7(6)21(15,19)20)17-9(18)4-8(16-17)10(12,13)14;7-5-3-4(10-8)1-2-6(5)13(9,11)12;/h1-4,16H,(H2,15,19,20);1-3,10H,8H2,(H2,9,11,12);1H. The number of nitrogens with zero attached hydrogens (tertiary/aromatic N) is 1. The fourth-order valence-electron chi connectivity index (χ4n) is 2.41. The molecule has 0 radical (unpaired) electrons. The number of hydrogen-bond donors (Lipinski definition) is 5. The smallest absolute Gasteiger partial charge is 0.324 e. The van der Waals surface area contributed by atoms with Gasteiger partial charge in [-0.15, -0.1) is 12.4 Å². The lowest BCUT2D eigenvalue weighted by Gasteiger charge is -2.06. The minimum atomic E-state index is -4.77. The number of aromatic nitrogens is 2. The number of aromatic amines is 1. The number of rotatable bonds is 4. The topological polar surface area (TPSA) is 196 Å². The van der Waals surface area contributed by atoms with Crippen LogP contribution < -0.4 is 27.1 Å². The predicted molar refractivity (Wildman–Crippen MR) is 116 cm³/mol. The average molecular weight is 567 g/mol. The van der Waals surface area contributed by atoms with Gasteiger partial charge in [-0.3, -0.25) is 15.7 Å². The van der Waals surface area contributed by atoms with Gasteiger partial charge >= 0.3 is 6.18 Å². The van der Waals surface area contributed by atoms with E-state index in [1.165, 1.54) is 6.07 Å². The fourth-order valence-corrected chi connectivity index (χ4v) is 3.59. The number of nitrogens with two attached hydrogens (primary N) is 3. The minimum Gasteiger partial charge on any atom is -0.324 e. The van der Waals surface area contributed by atoms with Crippen molar-refractivity contribution in [2.24, 2.45) is 16.1 Å². The maximum Gasteiger partial charge on any atom is 0.432 e. The van der Waals surface area contributed by atoms with Crippen LogP contribution in [0.4, 0.5) is 27.6 Å². The van der Waals surface area contributed by atoms with Crippen LogP contribution in [-0.4, -0.2) is 26.6 Å². The molecule has 0 aliphatic heterocycles. The molecule has 194 valence electrons. The van der Waals surface area contributed by atoms with Crippen molar-refractivity contribution in [3.8, 4) is 5.69 Å². The Labute approximate surface area is 200 Å². The molecule has 3 aromatic rings. The van der Waals surface area contributed by atoms with Crippen LogP contribution in [0.2, 0.25) is 0 Å². The summed E-state index contributed by atoms with van der Waals surface area (Å²) in [6.45, 7) is 0. The molecule has 0 bridgehead atoms. The molecule has 8 N–H and O–H groups in total. The van der Waals surface area contributed by atoms with Gasteiger partial charge in [-0.25, -0.2) is 40.6 Å². The number of hydrogen-bond acceptors (Lipinski definition) is 7. The van der Waals surface area contributed by atoms with Gasteiger partial charge in [0.2, 0.25) is 20.0 Å². The second-order valence-electron chi connectivity index (χ2n) is 6.34. The van der Waals surface area contributed by atoms with Crippen LogP contribution in [0.5, 0.6) is 0 Å². The minimum absolute atomic E-state index is 0. The number of anilines is 1. The summed E-state index contributed by atoms with van der Waals surface area (Å²) in [5.74, 6) is 2.76. The lowest BCUT2D eigenvalue weighted by atomic mass is 10.3. The summed E-state index contributed by atoms with van der Waals surface area (Å²) in [6, 6.07) is 5.87. The number of H-pyrrole nitrogens is 1. The highest BCUT2D eigenvalue weighted by atomic mass is 35.5. The molecular formula is C16H16ClF5N6O5S2. The second-order valence-corrected chi connectivity index (χ2v) is 9.40. The molecule has 1 aromatic heterocycles. The first kappa shape index (κ1) is 30.0. The third kappa shape index (κ3) is 7.47. The molecule has 0 saturated carbocycles. The molecule has 35 heavy (non-hydrogen) atoms. The Morgan fingerprint density at radius 3 is 1.71 bits per heavy atom. The van der Waals surface area contributed by atoms with E-state index in [2.05, 4.69) is 5.43 Å². The normalized spacial score (nSPS) is 11.8. The van der Waals surface area contributed by atoms with Crippen LogP contribution in [-0.2, 0) is 26.2 Å². The number of primary sulfonamides is 2. The van der Waals surface area contributed by atoms with E-state index in [-0.39, 0.29) is 23.8 Å². The second kappa shape index (κ2) is 10.7. The van der Waals surface area contributed by atoms with Crippen LogP contribution >= 0.6 is 12.4 Å². The quantitative estimate of drug-likeness (QED) is 0.177. The Balaban J connectivity index is 0.000000378. The Morgan fingerprint density at radius 1 is 0.857 bits per heavy atom. The molecule has 0 spiro atoms. The molecule has 0 unspecified atom stereocenters. The first-order valence-corrected chi connectivity index (χ1v) is 11.6. The third-order valence-electron chi connectivity index (χ3n) is 3.91. The molecule has 19 heteroatoms. The number of hydrazine groups is 1. The third-order valence-corrected chi connectivity index (χ3v) is 5.80.